The first-order valence-electron chi connectivity index (χ1n) is 6.34. The number of carbonyl (C=O) groups is 2. The molecule has 0 radical (unpaired) electrons. The molecule has 5 heteroatoms. The van der Waals surface area contributed by atoms with Crippen molar-refractivity contribution in [2.45, 2.75) is 65.0 Å². The van der Waals surface area contributed by atoms with Crippen LogP contribution < -0.4 is 10.6 Å². The summed E-state index contributed by atoms with van der Waals surface area (Å²) in [6.45, 7) is 5.95. The summed E-state index contributed by atoms with van der Waals surface area (Å²) >= 11 is 0. The molecule has 0 aromatic rings. The normalized spacial score (nSPS) is 13.8. The van der Waals surface area contributed by atoms with Crippen LogP contribution in [0.1, 0.15) is 52.9 Å². The molecule has 0 aliphatic heterocycles. The molecule has 100 valence electrons. The number of amides is 2. The van der Waals surface area contributed by atoms with E-state index in [0.717, 1.165) is 25.7 Å². The Kier molecular flexibility index (Phi) is 8.19. The fraction of sp³-hybridized carbons (Fsp3) is 0.833. The van der Waals surface area contributed by atoms with Gasteiger partial charge in [0.25, 0.3) is 0 Å². The molecule has 0 bridgehead atoms. The molecule has 0 fully saturated rings. The van der Waals surface area contributed by atoms with Crippen molar-refractivity contribution in [2.75, 3.05) is 0 Å². The summed E-state index contributed by atoms with van der Waals surface area (Å²) in [7, 11) is 0. The van der Waals surface area contributed by atoms with Crippen molar-refractivity contribution in [1.82, 2.24) is 10.6 Å². The number of carboxylic acid groups (broad SMARTS) is 1. The van der Waals surface area contributed by atoms with Crippen LogP contribution in [0.2, 0.25) is 0 Å². The van der Waals surface area contributed by atoms with Gasteiger partial charge in [0, 0.05) is 6.04 Å². The second-order valence-electron chi connectivity index (χ2n) is 4.19. The first-order valence-corrected chi connectivity index (χ1v) is 6.34. The number of rotatable bonds is 8. The number of urea groups is 1. The number of nitrogens with one attached hydrogen (secondary N) is 2. The van der Waals surface area contributed by atoms with E-state index in [2.05, 4.69) is 17.6 Å². The maximum Gasteiger partial charge on any atom is 0.326 e. The lowest BCUT2D eigenvalue weighted by Crippen LogP contribution is -2.48. The van der Waals surface area contributed by atoms with E-state index in [1.807, 2.05) is 13.8 Å². The molecular formula is C12H24N2O3. The number of carboxylic acids is 1. The molecule has 0 saturated carbocycles. The van der Waals surface area contributed by atoms with Gasteiger partial charge in [0.15, 0.2) is 0 Å². The monoisotopic (exact) mass is 244 g/mol. The highest BCUT2D eigenvalue weighted by molar-refractivity contribution is 5.82. The van der Waals surface area contributed by atoms with Crippen LogP contribution in [0.15, 0.2) is 0 Å². The van der Waals surface area contributed by atoms with Crippen LogP contribution in [-0.4, -0.2) is 29.2 Å². The highest BCUT2D eigenvalue weighted by Crippen LogP contribution is 2.01. The maximum atomic E-state index is 11.6. The first kappa shape index (κ1) is 15.7. The van der Waals surface area contributed by atoms with E-state index in [1.54, 1.807) is 0 Å². The van der Waals surface area contributed by atoms with Crippen molar-refractivity contribution in [1.29, 1.82) is 0 Å². The highest BCUT2D eigenvalue weighted by Gasteiger charge is 2.19. The Bertz CT molecular complexity index is 244. The predicted octanol–water partition coefficient (Wildman–Crippen LogP) is 2.12. The van der Waals surface area contributed by atoms with E-state index >= 15 is 0 Å². The topological polar surface area (TPSA) is 78.4 Å². The minimum Gasteiger partial charge on any atom is -0.480 e. The van der Waals surface area contributed by atoms with Gasteiger partial charge in [0.1, 0.15) is 6.04 Å². The summed E-state index contributed by atoms with van der Waals surface area (Å²) in [5.74, 6) is -0.981. The summed E-state index contributed by atoms with van der Waals surface area (Å²) in [5, 5.41) is 14.2. The minimum absolute atomic E-state index is 0.121. The molecule has 0 aromatic carbocycles. The van der Waals surface area contributed by atoms with E-state index < -0.39 is 12.0 Å². The van der Waals surface area contributed by atoms with Crippen molar-refractivity contribution in [2.24, 2.45) is 0 Å². The van der Waals surface area contributed by atoms with Crippen molar-refractivity contribution >= 4 is 12.0 Å². The zero-order valence-electron chi connectivity index (χ0n) is 11.0. The summed E-state index contributed by atoms with van der Waals surface area (Å²) in [4.78, 5) is 22.5. The Hall–Kier alpha value is -1.26. The van der Waals surface area contributed by atoms with Crippen LogP contribution in [0.3, 0.4) is 0 Å². The van der Waals surface area contributed by atoms with E-state index in [1.165, 1.54) is 0 Å². The summed E-state index contributed by atoms with van der Waals surface area (Å²) in [5.41, 5.74) is 0. The lowest BCUT2D eigenvalue weighted by Gasteiger charge is -2.19. The van der Waals surface area contributed by atoms with Crippen molar-refractivity contribution in [3.05, 3.63) is 0 Å². The molecule has 0 spiro atoms. The Morgan fingerprint density at radius 1 is 1.06 bits per heavy atom. The highest BCUT2D eigenvalue weighted by atomic mass is 16.4. The van der Waals surface area contributed by atoms with Crippen molar-refractivity contribution in [3.8, 4) is 0 Å². The Labute approximate surface area is 103 Å². The van der Waals surface area contributed by atoms with Gasteiger partial charge in [-0.1, -0.05) is 33.6 Å². The fourth-order valence-electron chi connectivity index (χ4n) is 1.66. The van der Waals surface area contributed by atoms with Gasteiger partial charge in [-0.15, -0.1) is 0 Å². The van der Waals surface area contributed by atoms with Gasteiger partial charge >= 0.3 is 12.0 Å². The zero-order valence-corrected chi connectivity index (χ0v) is 11.0. The molecular weight excluding hydrogens is 220 g/mol. The standard InChI is InChI=1S/C12H24N2O3/c1-4-7-9(6-3)13-12(17)14-10(8-5-2)11(15)16/h9-10H,4-8H2,1-3H3,(H,15,16)(H2,13,14,17). The van der Waals surface area contributed by atoms with Crippen LogP contribution in [0.5, 0.6) is 0 Å². The van der Waals surface area contributed by atoms with Gasteiger partial charge in [-0.2, -0.15) is 0 Å². The lowest BCUT2D eigenvalue weighted by molar-refractivity contribution is -0.139. The fourth-order valence-corrected chi connectivity index (χ4v) is 1.66. The van der Waals surface area contributed by atoms with Crippen molar-refractivity contribution < 1.29 is 14.7 Å². The second-order valence-corrected chi connectivity index (χ2v) is 4.19. The molecule has 0 rings (SSSR count). The third-order valence-electron chi connectivity index (χ3n) is 2.65. The minimum atomic E-state index is -0.981. The predicted molar refractivity (Wildman–Crippen MR) is 67.0 cm³/mol. The van der Waals surface area contributed by atoms with Crippen LogP contribution >= 0.6 is 0 Å². The summed E-state index contributed by atoms with van der Waals surface area (Å²) in [6.07, 6.45) is 3.94. The average molecular weight is 244 g/mol. The molecule has 2 unspecified atom stereocenters. The van der Waals surface area contributed by atoms with Crippen LogP contribution in [0, 0.1) is 0 Å². The van der Waals surface area contributed by atoms with Gasteiger partial charge in [-0.3, -0.25) is 0 Å². The van der Waals surface area contributed by atoms with Gasteiger partial charge in [0.2, 0.25) is 0 Å². The largest absolute Gasteiger partial charge is 0.480 e. The third kappa shape index (κ3) is 6.81. The quantitative estimate of drug-likeness (QED) is 0.612. The Balaban J connectivity index is 4.16. The number of carbonyl (C=O) groups excluding carboxylic acids is 1. The molecule has 2 amide bonds. The number of aliphatic carboxylic acids is 1. The molecule has 5 nitrogen and oxygen atoms in total. The molecule has 0 aliphatic carbocycles. The van der Waals surface area contributed by atoms with Gasteiger partial charge in [0.05, 0.1) is 0 Å². The molecule has 2 atom stereocenters. The number of hydrogen-bond donors (Lipinski definition) is 3. The number of hydrogen-bond acceptors (Lipinski definition) is 2. The summed E-state index contributed by atoms with van der Waals surface area (Å²) in [6, 6.07) is -1.05. The van der Waals surface area contributed by atoms with Gasteiger partial charge < -0.3 is 15.7 Å². The molecule has 0 aromatic heterocycles. The van der Waals surface area contributed by atoms with E-state index in [9.17, 15) is 9.59 Å². The van der Waals surface area contributed by atoms with E-state index in [-0.39, 0.29) is 12.1 Å². The van der Waals surface area contributed by atoms with Gasteiger partial charge in [-0.05, 0) is 19.3 Å². The third-order valence-corrected chi connectivity index (χ3v) is 2.65. The van der Waals surface area contributed by atoms with E-state index in [0.29, 0.717) is 6.42 Å². The van der Waals surface area contributed by atoms with Crippen LogP contribution in [0.25, 0.3) is 0 Å². The molecule has 0 saturated heterocycles. The van der Waals surface area contributed by atoms with Crippen LogP contribution in [-0.2, 0) is 4.79 Å². The molecule has 0 aliphatic rings. The van der Waals surface area contributed by atoms with Gasteiger partial charge in [-0.25, -0.2) is 9.59 Å². The SMILES string of the molecule is CCCC(CC)NC(=O)NC(CCC)C(=O)O. The first-order chi connectivity index (χ1) is 8.04. The van der Waals surface area contributed by atoms with E-state index in [4.69, 9.17) is 5.11 Å². The zero-order chi connectivity index (χ0) is 13.3. The molecule has 0 heterocycles. The average Bonchev–Trinajstić information content (AvgIpc) is 2.27. The Morgan fingerprint density at radius 2 is 1.65 bits per heavy atom. The summed E-state index contributed by atoms with van der Waals surface area (Å²) < 4.78 is 0. The van der Waals surface area contributed by atoms with Crippen LogP contribution in [0.4, 0.5) is 4.79 Å². The maximum absolute atomic E-state index is 11.6. The molecule has 3 N–H and O–H groups in total. The molecule has 17 heavy (non-hydrogen) atoms. The smallest absolute Gasteiger partial charge is 0.326 e. The lowest BCUT2D eigenvalue weighted by atomic mass is 10.1. The Morgan fingerprint density at radius 3 is 2.06 bits per heavy atom. The van der Waals surface area contributed by atoms with Crippen molar-refractivity contribution in [3.63, 3.8) is 0 Å². The second kappa shape index (κ2) is 8.84.